The maximum atomic E-state index is 13.4. The van der Waals surface area contributed by atoms with E-state index in [0.717, 1.165) is 31.2 Å². The minimum atomic E-state index is -0.387. The minimum absolute atomic E-state index is 0.0160. The summed E-state index contributed by atoms with van der Waals surface area (Å²) in [5.74, 6) is -0.175. The SMILES string of the molecule is Cc1cc(F)cc(C(=O)NCC2CCC(NCC(=O)NC(C)(C)C)CC2)c1. The fraction of sp³-hybridized carbons (Fsp3) is 0.619. The first kappa shape index (κ1) is 21.4. The van der Waals surface area contributed by atoms with Crippen LogP contribution in [-0.2, 0) is 4.79 Å². The van der Waals surface area contributed by atoms with Crippen LogP contribution in [0.3, 0.4) is 0 Å². The number of amides is 2. The van der Waals surface area contributed by atoms with E-state index in [1.807, 2.05) is 20.8 Å². The molecule has 150 valence electrons. The molecule has 0 aromatic heterocycles. The Balaban J connectivity index is 1.68. The zero-order valence-corrected chi connectivity index (χ0v) is 16.8. The molecule has 2 rings (SSSR count). The highest BCUT2D eigenvalue weighted by Crippen LogP contribution is 2.23. The molecule has 2 amide bonds. The molecule has 3 N–H and O–H groups in total. The summed E-state index contributed by atoms with van der Waals surface area (Å²) in [6, 6.07) is 4.72. The lowest BCUT2D eigenvalue weighted by Crippen LogP contribution is -2.47. The second kappa shape index (κ2) is 9.31. The van der Waals surface area contributed by atoms with Gasteiger partial charge in [0.1, 0.15) is 5.82 Å². The van der Waals surface area contributed by atoms with Gasteiger partial charge in [0.2, 0.25) is 5.91 Å². The third-order valence-corrected chi connectivity index (χ3v) is 4.77. The van der Waals surface area contributed by atoms with E-state index < -0.39 is 0 Å². The van der Waals surface area contributed by atoms with Crippen molar-refractivity contribution < 1.29 is 14.0 Å². The van der Waals surface area contributed by atoms with E-state index in [1.165, 1.54) is 12.1 Å². The van der Waals surface area contributed by atoms with Crippen molar-refractivity contribution >= 4 is 11.8 Å². The van der Waals surface area contributed by atoms with Crippen LogP contribution in [0, 0.1) is 18.7 Å². The molecule has 0 saturated heterocycles. The molecule has 1 aromatic rings. The van der Waals surface area contributed by atoms with Gasteiger partial charge in [-0.25, -0.2) is 4.39 Å². The molecular weight excluding hydrogens is 345 g/mol. The third kappa shape index (κ3) is 7.67. The number of carbonyl (C=O) groups is 2. The molecule has 1 saturated carbocycles. The predicted molar refractivity (Wildman–Crippen MR) is 105 cm³/mol. The number of hydrogen-bond acceptors (Lipinski definition) is 3. The van der Waals surface area contributed by atoms with Crippen molar-refractivity contribution in [3.05, 3.63) is 35.1 Å². The standard InChI is InChI=1S/C21H32FN3O2/c1-14-9-16(11-17(22)10-14)20(27)24-12-15-5-7-18(8-6-15)23-13-19(26)25-21(2,3)4/h9-11,15,18,23H,5-8,12-13H2,1-4H3,(H,24,27)(H,25,26). The molecule has 0 spiro atoms. The Labute approximate surface area is 161 Å². The maximum absolute atomic E-state index is 13.4. The highest BCUT2D eigenvalue weighted by atomic mass is 19.1. The van der Waals surface area contributed by atoms with Crippen LogP contribution >= 0.6 is 0 Å². The van der Waals surface area contributed by atoms with Crippen molar-refractivity contribution in [1.82, 2.24) is 16.0 Å². The normalized spacial score (nSPS) is 20.2. The molecule has 0 heterocycles. The lowest BCUT2D eigenvalue weighted by atomic mass is 9.86. The average Bonchev–Trinajstić information content (AvgIpc) is 2.56. The summed E-state index contributed by atoms with van der Waals surface area (Å²) < 4.78 is 13.4. The molecule has 0 aliphatic heterocycles. The monoisotopic (exact) mass is 377 g/mol. The van der Waals surface area contributed by atoms with Gasteiger partial charge in [-0.1, -0.05) is 0 Å². The van der Waals surface area contributed by atoms with Crippen LogP contribution < -0.4 is 16.0 Å². The van der Waals surface area contributed by atoms with Crippen molar-refractivity contribution in [3.8, 4) is 0 Å². The fourth-order valence-electron chi connectivity index (χ4n) is 3.48. The predicted octanol–water partition coefficient (Wildman–Crippen LogP) is 2.93. The summed E-state index contributed by atoms with van der Waals surface area (Å²) in [5, 5.41) is 9.20. The highest BCUT2D eigenvalue weighted by Gasteiger charge is 2.22. The zero-order valence-electron chi connectivity index (χ0n) is 16.8. The van der Waals surface area contributed by atoms with Crippen molar-refractivity contribution in [1.29, 1.82) is 0 Å². The second-order valence-electron chi connectivity index (χ2n) is 8.62. The smallest absolute Gasteiger partial charge is 0.251 e. The lowest BCUT2D eigenvalue weighted by molar-refractivity contribution is -0.121. The Kier molecular flexibility index (Phi) is 7.36. The van der Waals surface area contributed by atoms with Gasteiger partial charge >= 0.3 is 0 Å². The Hall–Kier alpha value is -1.95. The largest absolute Gasteiger partial charge is 0.352 e. The highest BCUT2D eigenvalue weighted by molar-refractivity contribution is 5.94. The molecule has 1 fully saturated rings. The van der Waals surface area contributed by atoms with E-state index in [4.69, 9.17) is 0 Å². The number of rotatable bonds is 6. The van der Waals surface area contributed by atoms with Crippen molar-refractivity contribution in [3.63, 3.8) is 0 Å². The summed E-state index contributed by atoms with van der Waals surface area (Å²) in [4.78, 5) is 24.1. The van der Waals surface area contributed by atoms with Gasteiger partial charge in [-0.3, -0.25) is 9.59 Å². The summed E-state index contributed by atoms with van der Waals surface area (Å²) >= 11 is 0. The quantitative estimate of drug-likeness (QED) is 0.714. The van der Waals surface area contributed by atoms with Crippen molar-refractivity contribution in [2.45, 2.75) is 65.0 Å². The van der Waals surface area contributed by atoms with E-state index in [-0.39, 0.29) is 23.2 Å². The van der Waals surface area contributed by atoms with Gasteiger partial charge < -0.3 is 16.0 Å². The van der Waals surface area contributed by atoms with Crippen LogP contribution in [-0.4, -0.2) is 36.5 Å². The molecule has 1 aliphatic rings. The fourth-order valence-corrected chi connectivity index (χ4v) is 3.48. The zero-order chi connectivity index (χ0) is 20.0. The molecule has 1 aliphatic carbocycles. The Bertz CT molecular complexity index is 642. The number of benzene rings is 1. The van der Waals surface area contributed by atoms with Crippen LogP contribution in [0.4, 0.5) is 4.39 Å². The van der Waals surface area contributed by atoms with E-state index in [1.54, 1.807) is 13.0 Å². The summed E-state index contributed by atoms with van der Waals surface area (Å²) in [6.07, 6.45) is 3.98. The number of hydrogen-bond donors (Lipinski definition) is 3. The number of carbonyl (C=O) groups excluding carboxylic acids is 2. The number of nitrogens with one attached hydrogen (secondary N) is 3. The average molecular weight is 378 g/mol. The third-order valence-electron chi connectivity index (χ3n) is 4.77. The maximum Gasteiger partial charge on any atom is 0.251 e. The molecule has 6 heteroatoms. The van der Waals surface area contributed by atoms with Crippen LogP contribution in [0.15, 0.2) is 18.2 Å². The summed E-state index contributed by atoms with van der Waals surface area (Å²) in [6.45, 7) is 8.62. The minimum Gasteiger partial charge on any atom is -0.352 e. The molecule has 27 heavy (non-hydrogen) atoms. The van der Waals surface area contributed by atoms with Crippen LogP contribution in [0.2, 0.25) is 0 Å². The summed E-state index contributed by atoms with van der Waals surface area (Å²) in [5.41, 5.74) is 0.893. The lowest BCUT2D eigenvalue weighted by Gasteiger charge is -2.29. The molecule has 0 bridgehead atoms. The van der Waals surface area contributed by atoms with Crippen LogP contribution in [0.1, 0.15) is 62.4 Å². The van der Waals surface area contributed by atoms with Gasteiger partial charge in [-0.15, -0.1) is 0 Å². The van der Waals surface area contributed by atoms with Gasteiger partial charge in [0, 0.05) is 23.7 Å². The van der Waals surface area contributed by atoms with Crippen LogP contribution in [0.5, 0.6) is 0 Å². The van der Waals surface area contributed by atoms with E-state index >= 15 is 0 Å². The summed E-state index contributed by atoms with van der Waals surface area (Å²) in [7, 11) is 0. The topological polar surface area (TPSA) is 70.2 Å². The second-order valence-corrected chi connectivity index (χ2v) is 8.62. The van der Waals surface area contributed by atoms with E-state index in [9.17, 15) is 14.0 Å². The van der Waals surface area contributed by atoms with Gasteiger partial charge in [0.25, 0.3) is 5.91 Å². The first-order valence-corrected chi connectivity index (χ1v) is 9.72. The van der Waals surface area contributed by atoms with E-state index in [2.05, 4.69) is 16.0 Å². The molecule has 0 atom stereocenters. The molecular formula is C21H32FN3O2. The first-order chi connectivity index (χ1) is 12.6. The van der Waals surface area contributed by atoms with Gasteiger partial charge in [0.05, 0.1) is 6.54 Å². The molecule has 1 aromatic carbocycles. The first-order valence-electron chi connectivity index (χ1n) is 9.72. The molecule has 5 nitrogen and oxygen atoms in total. The number of aryl methyl sites for hydroxylation is 1. The van der Waals surface area contributed by atoms with Crippen molar-refractivity contribution in [2.75, 3.05) is 13.1 Å². The Morgan fingerprint density at radius 1 is 1.11 bits per heavy atom. The Morgan fingerprint density at radius 3 is 2.37 bits per heavy atom. The Morgan fingerprint density at radius 2 is 1.78 bits per heavy atom. The van der Waals surface area contributed by atoms with Gasteiger partial charge in [-0.2, -0.15) is 0 Å². The van der Waals surface area contributed by atoms with Crippen molar-refractivity contribution in [2.24, 2.45) is 5.92 Å². The van der Waals surface area contributed by atoms with Crippen LogP contribution in [0.25, 0.3) is 0 Å². The number of halogens is 1. The van der Waals surface area contributed by atoms with Gasteiger partial charge in [-0.05, 0) is 83.1 Å². The van der Waals surface area contributed by atoms with E-state index in [0.29, 0.717) is 30.6 Å². The van der Waals surface area contributed by atoms with Gasteiger partial charge in [0.15, 0.2) is 0 Å². The molecule has 0 radical (unpaired) electrons. The molecule has 0 unspecified atom stereocenters.